The Morgan fingerprint density at radius 1 is 0.280 bits per heavy atom. The number of hydrogen-bond donors (Lipinski definition) is 3. The molecule has 100 heavy (non-hydrogen) atoms. The van der Waals surface area contributed by atoms with Gasteiger partial charge in [-0.3, -0.25) is 37.3 Å². The minimum Gasteiger partial charge on any atom is -0.462 e. The third kappa shape index (κ3) is 72.3. The summed E-state index contributed by atoms with van der Waals surface area (Å²) in [6.45, 7) is 4.73. The molecule has 0 heterocycles. The number of rotatable bonds is 74. The van der Waals surface area contributed by atoms with Gasteiger partial charge >= 0.3 is 39.5 Å². The third-order valence-electron chi connectivity index (χ3n) is 16.5. The molecule has 0 aliphatic heterocycles. The number of carbonyl (C=O) groups is 4. The summed E-state index contributed by atoms with van der Waals surface area (Å²) < 4.78 is 68.5. The zero-order chi connectivity index (χ0) is 73.2. The van der Waals surface area contributed by atoms with Crippen LogP contribution >= 0.6 is 15.6 Å². The molecule has 5 atom stereocenters. The molecule has 0 saturated carbocycles. The third-order valence-corrected chi connectivity index (χ3v) is 18.4. The SMILES string of the molecule is CCCCC/C=C\C/C=C\C/C=C\C/C=C\CCCC(=O)O[C@H](COC(=O)CCCCCCCCCCCCCCC)COP(=O)(O)OC[C@@H](O)COP(=O)(O)OC[C@@H](COC(=O)CCCCCCC/C=C\C/C=C\CCCCC)OC(=O)CCCCCCC/C=C\C/C=C\CCCCC. The van der Waals surface area contributed by atoms with Crippen LogP contribution < -0.4 is 0 Å². The molecular weight excluding hydrogens is 1310 g/mol. The fraction of sp³-hybridized carbons (Fsp3) is 0.753. The molecule has 3 N–H and O–H groups in total. The van der Waals surface area contributed by atoms with Crippen LogP contribution in [0.25, 0.3) is 0 Å². The van der Waals surface area contributed by atoms with Crippen LogP contribution in [-0.2, 0) is 65.4 Å². The lowest BCUT2D eigenvalue weighted by molar-refractivity contribution is -0.161. The van der Waals surface area contributed by atoms with Crippen LogP contribution in [0.2, 0.25) is 0 Å². The fourth-order valence-electron chi connectivity index (χ4n) is 10.4. The van der Waals surface area contributed by atoms with Crippen molar-refractivity contribution in [3.63, 3.8) is 0 Å². The van der Waals surface area contributed by atoms with Gasteiger partial charge in [-0.05, 0) is 128 Å². The Labute approximate surface area is 607 Å². The van der Waals surface area contributed by atoms with Crippen LogP contribution in [0.15, 0.2) is 97.2 Å². The van der Waals surface area contributed by atoms with Gasteiger partial charge in [-0.15, -0.1) is 0 Å². The van der Waals surface area contributed by atoms with Crippen LogP contribution in [0.5, 0.6) is 0 Å². The first kappa shape index (κ1) is 96.0. The molecule has 0 rings (SSSR count). The molecule has 0 amide bonds. The molecule has 0 spiro atoms. The molecule has 17 nitrogen and oxygen atoms in total. The Morgan fingerprint density at radius 3 is 0.810 bits per heavy atom. The second kappa shape index (κ2) is 73.3. The number of carbonyl (C=O) groups excluding carboxylic acids is 4. The summed E-state index contributed by atoms with van der Waals surface area (Å²) in [7, 11) is -9.97. The maximum Gasteiger partial charge on any atom is 0.472 e. The second-order valence-corrected chi connectivity index (χ2v) is 29.2. The highest BCUT2D eigenvalue weighted by atomic mass is 31.2. The first-order valence-electron chi connectivity index (χ1n) is 39.5. The predicted octanol–water partition coefficient (Wildman–Crippen LogP) is 22.8. The summed E-state index contributed by atoms with van der Waals surface area (Å²) in [5.41, 5.74) is 0. The first-order valence-corrected chi connectivity index (χ1v) is 42.5. The van der Waals surface area contributed by atoms with E-state index in [1.165, 1.54) is 116 Å². The largest absolute Gasteiger partial charge is 0.472 e. The van der Waals surface area contributed by atoms with Crippen molar-refractivity contribution in [2.24, 2.45) is 0 Å². The van der Waals surface area contributed by atoms with E-state index in [4.69, 9.17) is 37.0 Å². The van der Waals surface area contributed by atoms with Gasteiger partial charge in [0.25, 0.3) is 0 Å². The lowest BCUT2D eigenvalue weighted by Crippen LogP contribution is -2.30. The van der Waals surface area contributed by atoms with Gasteiger partial charge in [0.1, 0.15) is 19.3 Å². The Bertz CT molecular complexity index is 2270. The lowest BCUT2D eigenvalue weighted by atomic mass is 10.0. The summed E-state index contributed by atoms with van der Waals surface area (Å²) in [5.74, 6) is -2.25. The van der Waals surface area contributed by atoms with E-state index in [2.05, 4.69) is 113 Å². The Morgan fingerprint density at radius 2 is 0.500 bits per heavy atom. The zero-order valence-electron chi connectivity index (χ0n) is 63.1. The van der Waals surface area contributed by atoms with Crippen molar-refractivity contribution in [3.05, 3.63) is 97.2 Å². The molecule has 19 heteroatoms. The molecule has 0 aromatic heterocycles. The van der Waals surface area contributed by atoms with E-state index in [1.807, 2.05) is 12.2 Å². The molecule has 0 fully saturated rings. The monoisotopic (exact) mass is 1450 g/mol. The fourth-order valence-corrected chi connectivity index (χ4v) is 12.0. The number of aliphatic hydroxyl groups excluding tert-OH is 1. The molecule has 2 unspecified atom stereocenters. The number of phosphoric acid groups is 2. The number of esters is 4. The normalized spacial score (nSPS) is 14.4. The number of hydrogen-bond acceptors (Lipinski definition) is 15. The van der Waals surface area contributed by atoms with E-state index in [0.29, 0.717) is 32.1 Å². The van der Waals surface area contributed by atoms with Crippen LogP contribution in [0, 0.1) is 0 Å². The number of ether oxygens (including phenoxy) is 4. The second-order valence-electron chi connectivity index (χ2n) is 26.3. The summed E-state index contributed by atoms with van der Waals surface area (Å²) >= 11 is 0. The molecule has 0 aliphatic carbocycles. The quantitative estimate of drug-likeness (QED) is 0.0169. The number of allylic oxidation sites excluding steroid dienone is 16. The Balaban J connectivity index is 5.42. The molecule has 0 saturated heterocycles. The van der Waals surface area contributed by atoms with Crippen LogP contribution in [0.1, 0.15) is 336 Å². The van der Waals surface area contributed by atoms with Gasteiger partial charge in [0.2, 0.25) is 0 Å². The van der Waals surface area contributed by atoms with E-state index in [0.717, 1.165) is 135 Å². The molecule has 0 aromatic carbocycles. The minimum atomic E-state index is -4.99. The van der Waals surface area contributed by atoms with Gasteiger partial charge < -0.3 is 33.8 Å². The summed E-state index contributed by atoms with van der Waals surface area (Å²) in [6.07, 6.45) is 76.8. The molecule has 578 valence electrons. The van der Waals surface area contributed by atoms with Gasteiger partial charge in [-0.2, -0.15) is 0 Å². The smallest absolute Gasteiger partial charge is 0.462 e. The standard InChI is InChI=1S/C81H142O17P2/c1-5-9-13-17-21-25-29-33-36-37-40-44-48-52-56-60-64-68-81(86)98-76(71-91-78(83)65-61-57-53-49-45-41-32-28-24-20-16-12-8-4)73-95-99(87,88)93-69-75(82)70-94-100(89,90)96-74-77(97-80(85)67-63-59-55-51-47-43-39-35-31-27-23-19-15-11-7-3)72-92-79(84)66-62-58-54-50-46-42-38-34-30-26-22-18-14-10-6-2/h21-23,25-27,33-36,38-40,44,52,56,75-77,82H,5-20,24,28-32,37,41-43,45-51,53-55,57-74H2,1-4H3,(H,87,88)(H,89,90)/b25-21-,26-22-,27-23-,36-33-,38-34-,39-35-,44-40-,56-52-/t75-,76-,77-/m1/s1. The van der Waals surface area contributed by atoms with E-state index in [1.54, 1.807) is 0 Å². The van der Waals surface area contributed by atoms with E-state index >= 15 is 0 Å². The van der Waals surface area contributed by atoms with E-state index in [9.17, 15) is 43.2 Å². The summed E-state index contributed by atoms with van der Waals surface area (Å²) in [5, 5.41) is 10.6. The summed E-state index contributed by atoms with van der Waals surface area (Å²) in [4.78, 5) is 72.9. The molecule has 0 radical (unpaired) electrons. The maximum absolute atomic E-state index is 13.1. The number of phosphoric ester groups is 2. The van der Waals surface area contributed by atoms with Crippen molar-refractivity contribution in [3.8, 4) is 0 Å². The van der Waals surface area contributed by atoms with E-state index in [-0.39, 0.29) is 25.7 Å². The van der Waals surface area contributed by atoms with Gasteiger partial charge in [0.15, 0.2) is 12.2 Å². The highest BCUT2D eigenvalue weighted by Gasteiger charge is 2.30. The highest BCUT2D eigenvalue weighted by molar-refractivity contribution is 7.47. The summed E-state index contributed by atoms with van der Waals surface area (Å²) in [6, 6.07) is 0. The van der Waals surface area contributed by atoms with Crippen molar-refractivity contribution >= 4 is 39.5 Å². The van der Waals surface area contributed by atoms with Gasteiger partial charge in [0, 0.05) is 25.7 Å². The molecule has 0 bridgehead atoms. The lowest BCUT2D eigenvalue weighted by Gasteiger charge is -2.21. The van der Waals surface area contributed by atoms with Crippen LogP contribution in [0.3, 0.4) is 0 Å². The zero-order valence-corrected chi connectivity index (χ0v) is 64.9. The van der Waals surface area contributed by atoms with Crippen LogP contribution in [-0.4, -0.2) is 96.7 Å². The minimum absolute atomic E-state index is 0.0206. The maximum atomic E-state index is 13.1. The van der Waals surface area contributed by atoms with Crippen molar-refractivity contribution < 1.29 is 80.2 Å². The molecular formula is C81H142O17P2. The Hall–Kier alpha value is -4.02. The van der Waals surface area contributed by atoms with Gasteiger partial charge in [-0.1, -0.05) is 279 Å². The van der Waals surface area contributed by atoms with Gasteiger partial charge in [0.05, 0.1) is 26.4 Å². The van der Waals surface area contributed by atoms with Gasteiger partial charge in [-0.25, -0.2) is 9.13 Å². The topological polar surface area (TPSA) is 237 Å². The first-order chi connectivity index (χ1) is 48.7. The average Bonchev–Trinajstić information content (AvgIpc) is 1.13. The molecule has 0 aliphatic rings. The average molecular weight is 1450 g/mol. The van der Waals surface area contributed by atoms with Crippen molar-refractivity contribution in [2.45, 2.75) is 354 Å². The Kier molecular flexibility index (Phi) is 70.4. The highest BCUT2D eigenvalue weighted by Crippen LogP contribution is 2.45. The van der Waals surface area contributed by atoms with Crippen molar-refractivity contribution in [1.82, 2.24) is 0 Å². The van der Waals surface area contributed by atoms with E-state index < -0.39 is 97.5 Å². The van der Waals surface area contributed by atoms with Crippen molar-refractivity contribution in [2.75, 3.05) is 39.6 Å². The number of unbranched alkanes of at least 4 members (excludes halogenated alkanes) is 32. The van der Waals surface area contributed by atoms with Crippen LogP contribution in [0.4, 0.5) is 0 Å². The predicted molar refractivity (Wildman–Crippen MR) is 409 cm³/mol. The number of aliphatic hydroxyl groups is 1. The molecule has 0 aromatic rings. The van der Waals surface area contributed by atoms with Crippen molar-refractivity contribution in [1.29, 1.82) is 0 Å².